The summed E-state index contributed by atoms with van der Waals surface area (Å²) in [5.41, 5.74) is 5.29. The molecule has 0 aliphatic rings. The fraction of sp³-hybridized carbons (Fsp3) is 0.0417. The number of esters is 1. The van der Waals surface area contributed by atoms with Gasteiger partial charge in [0.05, 0.1) is 18.3 Å². The zero-order valence-corrected chi connectivity index (χ0v) is 15.0. The molecular formula is C24H19NO2. The van der Waals surface area contributed by atoms with E-state index in [0.717, 1.165) is 33.4 Å². The van der Waals surface area contributed by atoms with Crippen molar-refractivity contribution in [3.8, 4) is 16.9 Å². The molecule has 1 aromatic heterocycles. The van der Waals surface area contributed by atoms with E-state index in [4.69, 9.17) is 4.74 Å². The minimum atomic E-state index is -0.370. The maximum absolute atomic E-state index is 11.7. The van der Waals surface area contributed by atoms with Crippen LogP contribution in [0.1, 0.15) is 5.56 Å². The zero-order chi connectivity index (χ0) is 18.6. The molecule has 1 heterocycles. The third-order valence-corrected chi connectivity index (χ3v) is 4.56. The van der Waals surface area contributed by atoms with Gasteiger partial charge in [-0.1, -0.05) is 66.7 Å². The average molecular weight is 353 g/mol. The quantitative estimate of drug-likeness (QED) is 0.359. The van der Waals surface area contributed by atoms with Crippen molar-refractivity contribution >= 4 is 22.9 Å². The van der Waals surface area contributed by atoms with Gasteiger partial charge in [0.1, 0.15) is 0 Å². The van der Waals surface area contributed by atoms with Gasteiger partial charge < -0.3 is 9.30 Å². The van der Waals surface area contributed by atoms with E-state index in [-0.39, 0.29) is 5.97 Å². The molecule has 4 aromatic rings. The monoisotopic (exact) mass is 353 g/mol. The minimum absolute atomic E-state index is 0.370. The second kappa shape index (κ2) is 7.34. The van der Waals surface area contributed by atoms with Gasteiger partial charge in [-0.05, 0) is 29.8 Å². The van der Waals surface area contributed by atoms with Gasteiger partial charge in [-0.3, -0.25) is 0 Å². The van der Waals surface area contributed by atoms with Crippen molar-refractivity contribution in [2.24, 2.45) is 0 Å². The predicted octanol–water partition coefficient (Wildman–Crippen LogP) is 5.48. The van der Waals surface area contributed by atoms with E-state index in [0.29, 0.717) is 0 Å². The number of fused-ring (bicyclic) bond motifs is 1. The molecule has 0 unspecified atom stereocenters. The van der Waals surface area contributed by atoms with Gasteiger partial charge in [0.25, 0.3) is 0 Å². The highest BCUT2D eigenvalue weighted by atomic mass is 16.5. The summed E-state index contributed by atoms with van der Waals surface area (Å²) in [5, 5.41) is 1.08. The topological polar surface area (TPSA) is 31.2 Å². The van der Waals surface area contributed by atoms with Crippen molar-refractivity contribution in [3.63, 3.8) is 0 Å². The highest BCUT2D eigenvalue weighted by Crippen LogP contribution is 2.37. The van der Waals surface area contributed by atoms with Crippen LogP contribution in [0.15, 0.2) is 91.0 Å². The number of carbonyl (C=O) groups excluding carboxylic acids is 1. The summed E-state index contributed by atoms with van der Waals surface area (Å²) in [6, 6.07) is 28.7. The Labute approximate surface area is 158 Å². The molecule has 0 saturated heterocycles. The van der Waals surface area contributed by atoms with Crippen molar-refractivity contribution < 1.29 is 9.53 Å². The van der Waals surface area contributed by atoms with Crippen molar-refractivity contribution in [1.82, 2.24) is 4.57 Å². The molecule has 3 heteroatoms. The lowest BCUT2D eigenvalue weighted by Gasteiger charge is -2.12. The van der Waals surface area contributed by atoms with Crippen LogP contribution in [0.3, 0.4) is 0 Å². The lowest BCUT2D eigenvalue weighted by Crippen LogP contribution is -1.97. The van der Waals surface area contributed by atoms with Gasteiger partial charge in [-0.25, -0.2) is 4.79 Å². The number of benzene rings is 3. The highest BCUT2D eigenvalue weighted by Gasteiger charge is 2.18. The number of carbonyl (C=O) groups is 1. The van der Waals surface area contributed by atoms with Gasteiger partial charge >= 0.3 is 5.97 Å². The first-order chi connectivity index (χ1) is 13.3. The van der Waals surface area contributed by atoms with Crippen LogP contribution < -0.4 is 0 Å². The molecule has 0 atom stereocenters. The number of nitrogens with zero attached hydrogens (tertiary/aromatic N) is 1. The van der Waals surface area contributed by atoms with E-state index >= 15 is 0 Å². The van der Waals surface area contributed by atoms with E-state index in [2.05, 4.69) is 41.0 Å². The Morgan fingerprint density at radius 3 is 2.19 bits per heavy atom. The SMILES string of the molecule is COC(=O)C=Cc1c(-c2ccccc2)n(-c2ccccc2)c2ccccc12. The number of hydrogen-bond acceptors (Lipinski definition) is 2. The maximum Gasteiger partial charge on any atom is 0.330 e. The summed E-state index contributed by atoms with van der Waals surface area (Å²) >= 11 is 0. The van der Waals surface area contributed by atoms with Crippen LogP contribution in [0.2, 0.25) is 0 Å². The van der Waals surface area contributed by atoms with Crippen molar-refractivity contribution in [2.75, 3.05) is 7.11 Å². The first-order valence-electron chi connectivity index (χ1n) is 8.80. The summed E-state index contributed by atoms with van der Waals surface area (Å²) in [6.45, 7) is 0. The van der Waals surface area contributed by atoms with Crippen LogP contribution in [-0.2, 0) is 9.53 Å². The molecule has 0 spiro atoms. The summed E-state index contributed by atoms with van der Waals surface area (Å²) in [5.74, 6) is -0.370. The maximum atomic E-state index is 11.7. The van der Waals surface area contributed by atoms with Crippen LogP contribution in [0.25, 0.3) is 33.9 Å². The Balaban J connectivity index is 2.09. The largest absolute Gasteiger partial charge is 0.466 e. The van der Waals surface area contributed by atoms with E-state index in [1.807, 2.05) is 54.6 Å². The fourth-order valence-electron chi connectivity index (χ4n) is 3.38. The number of aromatic nitrogens is 1. The predicted molar refractivity (Wildman–Crippen MR) is 110 cm³/mol. The molecule has 4 rings (SSSR count). The summed E-state index contributed by atoms with van der Waals surface area (Å²) in [6.07, 6.45) is 3.32. The standard InChI is InChI=1S/C24H19NO2/c1-27-23(26)17-16-21-20-14-8-9-15-22(20)25(19-12-6-3-7-13-19)24(21)18-10-4-2-5-11-18/h2-17H,1H3. The van der Waals surface area contributed by atoms with Gasteiger partial charge in [0.15, 0.2) is 0 Å². The van der Waals surface area contributed by atoms with Crippen molar-refractivity contribution in [2.45, 2.75) is 0 Å². The molecule has 0 fully saturated rings. The van der Waals surface area contributed by atoms with E-state index in [1.54, 1.807) is 0 Å². The second-order valence-electron chi connectivity index (χ2n) is 6.17. The van der Waals surface area contributed by atoms with Crippen LogP contribution >= 0.6 is 0 Å². The Hall–Kier alpha value is -3.59. The van der Waals surface area contributed by atoms with Crippen molar-refractivity contribution in [3.05, 3.63) is 96.6 Å². The number of methoxy groups -OCH3 is 1. The summed E-state index contributed by atoms with van der Waals surface area (Å²) in [7, 11) is 1.39. The van der Waals surface area contributed by atoms with E-state index in [1.165, 1.54) is 13.2 Å². The van der Waals surface area contributed by atoms with Gasteiger partial charge in [0.2, 0.25) is 0 Å². The van der Waals surface area contributed by atoms with Gasteiger partial charge in [-0.2, -0.15) is 0 Å². The molecule has 0 aliphatic heterocycles. The van der Waals surface area contributed by atoms with E-state index < -0.39 is 0 Å². The number of hydrogen-bond donors (Lipinski definition) is 0. The number of para-hydroxylation sites is 2. The Kier molecular flexibility index (Phi) is 4.58. The van der Waals surface area contributed by atoms with Gasteiger partial charge in [0, 0.05) is 22.7 Å². The molecule has 3 nitrogen and oxygen atoms in total. The average Bonchev–Trinajstić information content (AvgIpc) is 3.07. The Bertz CT molecular complexity index is 1110. The molecule has 27 heavy (non-hydrogen) atoms. The van der Waals surface area contributed by atoms with Crippen LogP contribution in [0.5, 0.6) is 0 Å². The van der Waals surface area contributed by atoms with Crippen LogP contribution in [0, 0.1) is 0 Å². The molecule has 3 aromatic carbocycles. The summed E-state index contributed by atoms with van der Waals surface area (Å²) < 4.78 is 7.03. The second-order valence-corrected chi connectivity index (χ2v) is 6.17. The molecule has 0 amide bonds. The normalized spacial score (nSPS) is 11.1. The zero-order valence-electron chi connectivity index (χ0n) is 15.0. The molecule has 0 aliphatic carbocycles. The molecule has 0 radical (unpaired) electrons. The number of rotatable bonds is 4. The molecule has 0 saturated carbocycles. The molecule has 0 bridgehead atoms. The van der Waals surface area contributed by atoms with Gasteiger partial charge in [-0.15, -0.1) is 0 Å². The molecule has 0 N–H and O–H groups in total. The van der Waals surface area contributed by atoms with Crippen molar-refractivity contribution in [1.29, 1.82) is 0 Å². The Morgan fingerprint density at radius 2 is 1.48 bits per heavy atom. The van der Waals surface area contributed by atoms with E-state index in [9.17, 15) is 4.79 Å². The first-order valence-corrected chi connectivity index (χ1v) is 8.80. The smallest absolute Gasteiger partial charge is 0.330 e. The lowest BCUT2D eigenvalue weighted by atomic mass is 10.0. The van der Waals surface area contributed by atoms with Crippen LogP contribution in [-0.4, -0.2) is 17.6 Å². The highest BCUT2D eigenvalue weighted by molar-refractivity contribution is 6.01. The molecule has 132 valence electrons. The minimum Gasteiger partial charge on any atom is -0.466 e. The number of ether oxygens (including phenoxy) is 1. The first kappa shape index (κ1) is 16.9. The van der Waals surface area contributed by atoms with Crippen LogP contribution in [0.4, 0.5) is 0 Å². The fourth-order valence-corrected chi connectivity index (χ4v) is 3.38. The molecular weight excluding hydrogens is 334 g/mol. The Morgan fingerprint density at radius 1 is 0.852 bits per heavy atom. The summed E-state index contributed by atoms with van der Waals surface area (Å²) in [4.78, 5) is 11.7. The third-order valence-electron chi connectivity index (χ3n) is 4.56. The third kappa shape index (κ3) is 3.15. The lowest BCUT2D eigenvalue weighted by molar-refractivity contribution is -0.134.